The van der Waals surface area contributed by atoms with Crippen LogP contribution in [-0.2, 0) is 6.54 Å². The number of thioether (sulfide) groups is 1. The minimum Gasteiger partial charge on any atom is -0.336 e. The maximum absolute atomic E-state index is 6.44. The van der Waals surface area contributed by atoms with Crippen molar-refractivity contribution in [3.05, 3.63) is 95.0 Å². The summed E-state index contributed by atoms with van der Waals surface area (Å²) in [6.45, 7) is 0.778. The second-order valence-corrected chi connectivity index (χ2v) is 8.01. The van der Waals surface area contributed by atoms with E-state index in [2.05, 4.69) is 52.0 Å². The van der Waals surface area contributed by atoms with Crippen LogP contribution in [0, 0.1) is 0 Å². The van der Waals surface area contributed by atoms with E-state index < -0.39 is 0 Å². The third kappa shape index (κ3) is 3.61. The van der Waals surface area contributed by atoms with Crippen molar-refractivity contribution in [3.8, 4) is 0 Å². The fraction of sp³-hybridized carbons (Fsp3) is 0.0952. The zero-order valence-corrected chi connectivity index (χ0v) is 16.2. The van der Waals surface area contributed by atoms with E-state index in [0.29, 0.717) is 10.0 Å². The topological polar surface area (TPSA) is 17.8 Å². The van der Waals surface area contributed by atoms with Crippen molar-refractivity contribution < 1.29 is 0 Å². The van der Waals surface area contributed by atoms with Crippen LogP contribution < -0.4 is 0 Å². The van der Waals surface area contributed by atoms with Crippen molar-refractivity contribution in [2.24, 2.45) is 0 Å². The van der Waals surface area contributed by atoms with Crippen LogP contribution in [0.25, 0.3) is 10.8 Å². The van der Waals surface area contributed by atoms with E-state index in [1.165, 1.54) is 16.3 Å². The van der Waals surface area contributed by atoms with Gasteiger partial charge in [-0.05, 0) is 28.5 Å². The molecule has 0 aliphatic heterocycles. The van der Waals surface area contributed by atoms with Gasteiger partial charge < -0.3 is 4.57 Å². The molecule has 4 aromatic rings. The van der Waals surface area contributed by atoms with E-state index in [1.807, 2.05) is 30.7 Å². The number of benzene rings is 3. The molecule has 1 unspecified atom stereocenters. The van der Waals surface area contributed by atoms with Gasteiger partial charge in [0.25, 0.3) is 0 Å². The molecule has 0 aliphatic rings. The summed E-state index contributed by atoms with van der Waals surface area (Å²) in [7, 11) is 0. The Labute approximate surface area is 166 Å². The van der Waals surface area contributed by atoms with Crippen LogP contribution in [0.5, 0.6) is 0 Å². The molecule has 1 heterocycles. The largest absolute Gasteiger partial charge is 0.336 e. The zero-order chi connectivity index (χ0) is 17.9. The summed E-state index contributed by atoms with van der Waals surface area (Å²) in [6.07, 6.45) is 5.62. The Morgan fingerprint density at radius 2 is 1.65 bits per heavy atom. The summed E-state index contributed by atoms with van der Waals surface area (Å²) in [5.41, 5.74) is 1.26. The number of imidazole rings is 1. The SMILES string of the molecule is Clc1cccc(Cl)c1SC(Cn1ccnc1)c1cccc2ccccc12. The first-order valence-electron chi connectivity index (χ1n) is 8.26. The molecule has 26 heavy (non-hydrogen) atoms. The first kappa shape index (κ1) is 17.5. The third-order valence-electron chi connectivity index (χ3n) is 4.29. The van der Waals surface area contributed by atoms with Gasteiger partial charge in [0.15, 0.2) is 0 Å². The maximum atomic E-state index is 6.44. The Bertz CT molecular complexity index is 1010. The van der Waals surface area contributed by atoms with Crippen molar-refractivity contribution >= 4 is 45.7 Å². The van der Waals surface area contributed by atoms with E-state index in [-0.39, 0.29) is 5.25 Å². The molecule has 1 atom stereocenters. The van der Waals surface area contributed by atoms with Gasteiger partial charge in [-0.3, -0.25) is 0 Å². The molecule has 0 saturated carbocycles. The lowest BCUT2D eigenvalue weighted by molar-refractivity contribution is 0.686. The first-order chi connectivity index (χ1) is 12.7. The molecule has 0 spiro atoms. The fourth-order valence-corrected chi connectivity index (χ4v) is 4.94. The van der Waals surface area contributed by atoms with E-state index in [0.717, 1.165) is 11.4 Å². The molecule has 0 amide bonds. The summed E-state index contributed by atoms with van der Waals surface area (Å²) < 4.78 is 2.09. The Hall–Kier alpha value is -1.94. The molecular weight excluding hydrogens is 383 g/mol. The summed E-state index contributed by atoms with van der Waals surface area (Å²) >= 11 is 14.6. The van der Waals surface area contributed by atoms with Crippen LogP contribution in [0.15, 0.2) is 84.3 Å². The van der Waals surface area contributed by atoms with Crippen LogP contribution in [0.4, 0.5) is 0 Å². The Morgan fingerprint density at radius 1 is 0.923 bits per heavy atom. The highest BCUT2D eigenvalue weighted by atomic mass is 35.5. The van der Waals surface area contributed by atoms with Crippen LogP contribution in [0.1, 0.15) is 10.8 Å². The van der Waals surface area contributed by atoms with Crippen LogP contribution in [0.2, 0.25) is 10.0 Å². The van der Waals surface area contributed by atoms with Gasteiger partial charge in [0.2, 0.25) is 0 Å². The van der Waals surface area contributed by atoms with Gasteiger partial charge in [-0.15, -0.1) is 11.8 Å². The maximum Gasteiger partial charge on any atom is 0.0946 e. The average Bonchev–Trinajstić information content (AvgIpc) is 3.16. The molecule has 1 aromatic heterocycles. The second kappa shape index (κ2) is 7.75. The third-order valence-corrected chi connectivity index (χ3v) is 6.50. The molecule has 2 nitrogen and oxygen atoms in total. The van der Waals surface area contributed by atoms with Crippen molar-refractivity contribution in [2.45, 2.75) is 16.7 Å². The Kier molecular flexibility index (Phi) is 5.21. The monoisotopic (exact) mass is 398 g/mol. The van der Waals surface area contributed by atoms with Gasteiger partial charge in [0.05, 0.1) is 21.6 Å². The van der Waals surface area contributed by atoms with Gasteiger partial charge in [-0.2, -0.15) is 0 Å². The lowest BCUT2D eigenvalue weighted by atomic mass is 10.0. The van der Waals surface area contributed by atoms with Crippen molar-refractivity contribution in [2.75, 3.05) is 0 Å². The molecule has 5 heteroatoms. The van der Waals surface area contributed by atoms with E-state index in [9.17, 15) is 0 Å². The summed E-state index contributed by atoms with van der Waals surface area (Å²) in [4.78, 5) is 5.09. The number of halogens is 2. The highest BCUT2D eigenvalue weighted by molar-refractivity contribution is 7.99. The Morgan fingerprint density at radius 3 is 2.42 bits per heavy atom. The number of rotatable bonds is 5. The summed E-state index contributed by atoms with van der Waals surface area (Å²) in [6, 6.07) is 20.5. The average molecular weight is 399 g/mol. The molecular formula is C21H16Cl2N2S. The van der Waals surface area contributed by atoms with Crippen LogP contribution in [0.3, 0.4) is 0 Å². The van der Waals surface area contributed by atoms with Crippen molar-refractivity contribution in [1.29, 1.82) is 0 Å². The normalized spacial score (nSPS) is 12.4. The van der Waals surface area contributed by atoms with E-state index in [4.69, 9.17) is 23.2 Å². The number of aromatic nitrogens is 2. The molecule has 0 radical (unpaired) electrons. The minimum atomic E-state index is 0.146. The number of fused-ring (bicyclic) bond motifs is 1. The summed E-state index contributed by atoms with van der Waals surface area (Å²) in [5.74, 6) is 0. The number of hydrogen-bond acceptors (Lipinski definition) is 2. The van der Waals surface area contributed by atoms with Crippen LogP contribution in [-0.4, -0.2) is 9.55 Å². The highest BCUT2D eigenvalue weighted by Crippen LogP contribution is 2.44. The summed E-state index contributed by atoms with van der Waals surface area (Å²) in [5, 5.41) is 3.98. The molecule has 0 bridgehead atoms. The van der Waals surface area contributed by atoms with E-state index in [1.54, 1.807) is 18.0 Å². The van der Waals surface area contributed by atoms with Gasteiger partial charge in [-0.25, -0.2) is 4.98 Å². The predicted molar refractivity (Wildman–Crippen MR) is 111 cm³/mol. The Balaban J connectivity index is 1.80. The van der Waals surface area contributed by atoms with Gasteiger partial charge >= 0.3 is 0 Å². The smallest absolute Gasteiger partial charge is 0.0946 e. The number of nitrogens with zero attached hydrogens (tertiary/aromatic N) is 2. The standard InChI is InChI=1S/C21H16Cl2N2S/c22-18-9-4-10-19(23)21(18)26-20(13-25-12-11-24-14-25)17-8-3-6-15-5-1-2-7-16(15)17/h1-12,14,20H,13H2. The molecule has 0 N–H and O–H groups in total. The van der Waals surface area contributed by atoms with Gasteiger partial charge in [-0.1, -0.05) is 71.7 Å². The van der Waals surface area contributed by atoms with Gasteiger partial charge in [0.1, 0.15) is 0 Å². The number of hydrogen-bond donors (Lipinski definition) is 0. The predicted octanol–water partition coefficient (Wildman–Crippen LogP) is 6.88. The quantitative estimate of drug-likeness (QED) is 0.341. The molecule has 0 saturated heterocycles. The zero-order valence-electron chi connectivity index (χ0n) is 13.8. The molecule has 4 rings (SSSR count). The minimum absolute atomic E-state index is 0.146. The lowest BCUT2D eigenvalue weighted by Crippen LogP contribution is -2.06. The van der Waals surface area contributed by atoms with Gasteiger partial charge in [0, 0.05) is 23.8 Å². The van der Waals surface area contributed by atoms with Crippen molar-refractivity contribution in [3.63, 3.8) is 0 Å². The fourth-order valence-electron chi connectivity index (χ4n) is 3.05. The van der Waals surface area contributed by atoms with Crippen LogP contribution >= 0.6 is 35.0 Å². The van der Waals surface area contributed by atoms with Crippen molar-refractivity contribution in [1.82, 2.24) is 9.55 Å². The molecule has 0 fully saturated rings. The molecule has 130 valence electrons. The second-order valence-electron chi connectivity index (χ2n) is 5.99. The molecule has 3 aromatic carbocycles. The first-order valence-corrected chi connectivity index (χ1v) is 9.90. The lowest BCUT2D eigenvalue weighted by Gasteiger charge is -2.21. The van der Waals surface area contributed by atoms with E-state index >= 15 is 0 Å². The molecule has 0 aliphatic carbocycles. The highest BCUT2D eigenvalue weighted by Gasteiger charge is 2.19.